The number of benzene rings is 7. The smallest absolute Gasteiger partial charge is 0.227 e. The lowest BCUT2D eigenvalue weighted by Gasteiger charge is -2.27. The fourth-order valence-corrected chi connectivity index (χ4v) is 8.33. The number of aromatic nitrogens is 1. The number of para-hydroxylation sites is 1. The van der Waals surface area contributed by atoms with Gasteiger partial charge in [-0.2, -0.15) is 0 Å². The summed E-state index contributed by atoms with van der Waals surface area (Å²) in [5, 5.41) is 7.16. The van der Waals surface area contributed by atoms with Crippen LogP contribution >= 0.6 is 11.3 Å². The molecule has 0 bridgehead atoms. The van der Waals surface area contributed by atoms with Crippen LogP contribution in [0.3, 0.4) is 0 Å². The third kappa shape index (κ3) is 4.61. The van der Waals surface area contributed by atoms with E-state index in [4.69, 9.17) is 4.42 Å². The van der Waals surface area contributed by atoms with Crippen molar-refractivity contribution in [3.63, 3.8) is 0 Å². The lowest BCUT2D eigenvalue weighted by atomic mass is 9.98. The molecule has 0 radical (unpaired) electrons. The Morgan fingerprint density at radius 1 is 0.490 bits per heavy atom. The zero-order chi connectivity index (χ0) is 32.3. The first-order valence-corrected chi connectivity index (χ1v) is 17.3. The minimum absolute atomic E-state index is 0.663. The molecule has 3 nitrogen and oxygen atoms in total. The second-order valence-corrected chi connectivity index (χ2v) is 13.5. The summed E-state index contributed by atoms with van der Waals surface area (Å²) >= 11 is 1.85. The molecule has 0 atom stereocenters. The molecule has 10 aromatic rings. The molecular weight excluding hydrogens is 617 g/mol. The van der Waals surface area contributed by atoms with Crippen LogP contribution in [0, 0.1) is 0 Å². The van der Waals surface area contributed by atoms with Crippen molar-refractivity contribution in [1.29, 1.82) is 0 Å². The van der Waals surface area contributed by atoms with Crippen LogP contribution < -0.4 is 4.90 Å². The number of pyridine rings is 1. The van der Waals surface area contributed by atoms with E-state index >= 15 is 0 Å². The predicted molar refractivity (Wildman–Crippen MR) is 207 cm³/mol. The van der Waals surface area contributed by atoms with E-state index in [9.17, 15) is 0 Å². The Balaban J connectivity index is 1.11. The summed E-state index contributed by atoms with van der Waals surface area (Å²) in [5.41, 5.74) is 9.47. The largest absolute Gasteiger partial charge is 0.438 e. The maximum Gasteiger partial charge on any atom is 0.227 e. The van der Waals surface area contributed by atoms with Crippen LogP contribution in [-0.4, -0.2) is 4.98 Å². The first-order chi connectivity index (χ1) is 24.3. The van der Waals surface area contributed by atoms with Gasteiger partial charge in [0.05, 0.1) is 5.69 Å². The Labute approximate surface area is 286 Å². The van der Waals surface area contributed by atoms with Crippen molar-refractivity contribution in [3.8, 4) is 22.3 Å². The van der Waals surface area contributed by atoms with Gasteiger partial charge in [0, 0.05) is 54.1 Å². The fourth-order valence-electron chi connectivity index (χ4n) is 7.21. The van der Waals surface area contributed by atoms with Gasteiger partial charge in [-0.3, -0.25) is 0 Å². The highest BCUT2D eigenvalue weighted by Gasteiger charge is 2.19. The molecule has 7 aromatic carbocycles. The average Bonchev–Trinajstić information content (AvgIpc) is 3.74. The predicted octanol–water partition coefficient (Wildman–Crippen LogP) is 13.3. The Morgan fingerprint density at radius 2 is 1.14 bits per heavy atom. The van der Waals surface area contributed by atoms with E-state index in [0.29, 0.717) is 5.71 Å². The zero-order valence-electron chi connectivity index (χ0n) is 26.4. The maximum atomic E-state index is 5.99. The molecule has 49 heavy (non-hydrogen) atoms. The topological polar surface area (TPSA) is 29.3 Å². The van der Waals surface area contributed by atoms with E-state index in [1.165, 1.54) is 42.1 Å². The first kappa shape index (κ1) is 27.8. The van der Waals surface area contributed by atoms with Crippen LogP contribution in [0.25, 0.3) is 75.3 Å². The molecule has 0 unspecified atom stereocenters. The summed E-state index contributed by atoms with van der Waals surface area (Å²) in [6.45, 7) is 0. The number of thiophene rings is 1. The second kappa shape index (κ2) is 11.2. The number of anilines is 3. The number of nitrogens with zero attached hydrogens (tertiary/aromatic N) is 2. The summed E-state index contributed by atoms with van der Waals surface area (Å²) in [7, 11) is 0. The molecule has 0 saturated heterocycles. The van der Waals surface area contributed by atoms with Gasteiger partial charge in [0.2, 0.25) is 5.71 Å². The van der Waals surface area contributed by atoms with Crippen LogP contribution in [0.2, 0.25) is 0 Å². The summed E-state index contributed by atoms with van der Waals surface area (Å²) in [5.74, 6) is 0. The van der Waals surface area contributed by atoms with Crippen molar-refractivity contribution in [2.24, 2.45) is 0 Å². The molecule has 0 N–H and O–H groups in total. The SMILES string of the molecule is c1ccc2c(-c3ccc(N(c4ccc(-c5cnc6oc7ccccc7c6c5)cc4)c4cccc5sc6ccccc6c45)cc3)cccc2c1. The van der Waals surface area contributed by atoms with Crippen LogP contribution in [0.4, 0.5) is 17.1 Å². The van der Waals surface area contributed by atoms with Crippen molar-refractivity contribution >= 4 is 81.4 Å². The van der Waals surface area contributed by atoms with E-state index in [2.05, 4.69) is 155 Å². The summed E-state index contributed by atoms with van der Waals surface area (Å²) in [6.07, 6.45) is 1.90. The number of fused-ring (bicyclic) bond motifs is 7. The lowest BCUT2D eigenvalue weighted by molar-refractivity contribution is 0.654. The number of rotatable bonds is 5. The van der Waals surface area contributed by atoms with Gasteiger partial charge >= 0.3 is 0 Å². The number of hydrogen-bond donors (Lipinski definition) is 0. The molecule has 230 valence electrons. The Morgan fingerprint density at radius 3 is 1.98 bits per heavy atom. The van der Waals surface area contributed by atoms with Crippen molar-refractivity contribution in [2.45, 2.75) is 0 Å². The molecule has 3 heterocycles. The highest BCUT2D eigenvalue weighted by atomic mass is 32.1. The molecule has 0 fully saturated rings. The van der Waals surface area contributed by atoms with Crippen molar-refractivity contribution < 1.29 is 4.42 Å². The van der Waals surface area contributed by atoms with Gasteiger partial charge in [0.15, 0.2) is 0 Å². The second-order valence-electron chi connectivity index (χ2n) is 12.4. The fraction of sp³-hybridized carbons (Fsp3) is 0. The zero-order valence-corrected chi connectivity index (χ0v) is 27.2. The molecule has 0 amide bonds. The first-order valence-electron chi connectivity index (χ1n) is 16.4. The van der Waals surface area contributed by atoms with E-state index < -0.39 is 0 Å². The monoisotopic (exact) mass is 644 g/mol. The third-order valence-corrected chi connectivity index (χ3v) is 10.7. The molecule has 0 aliphatic carbocycles. The quantitative estimate of drug-likeness (QED) is 0.187. The van der Waals surface area contributed by atoms with Crippen molar-refractivity contribution in [2.75, 3.05) is 4.90 Å². The highest BCUT2D eigenvalue weighted by Crippen LogP contribution is 2.45. The molecule has 0 aliphatic heterocycles. The van der Waals surface area contributed by atoms with Gasteiger partial charge in [-0.1, -0.05) is 109 Å². The minimum Gasteiger partial charge on any atom is -0.438 e. The van der Waals surface area contributed by atoms with E-state index in [1.54, 1.807) is 0 Å². The van der Waals surface area contributed by atoms with E-state index in [-0.39, 0.29) is 0 Å². The Hall–Kier alpha value is -6.23. The van der Waals surface area contributed by atoms with Gasteiger partial charge in [-0.05, 0) is 82.1 Å². The molecule has 4 heteroatoms. The van der Waals surface area contributed by atoms with Gasteiger partial charge in [-0.15, -0.1) is 11.3 Å². The Kier molecular flexibility index (Phi) is 6.36. The standard InChI is InChI=1S/C45H28N2OS/c1-2-11-35-30(9-1)10-7-14-36(35)31-21-25-34(26-22-31)47(40-15-8-18-43-44(40)38-13-4-6-17-42(38)49-43)33-23-19-29(20-24-33)32-27-39-37-12-3-5-16-41(37)48-45(39)46-28-32/h1-28H. The van der Waals surface area contributed by atoms with Crippen molar-refractivity contribution in [3.05, 3.63) is 170 Å². The molecule has 0 aliphatic rings. The van der Waals surface area contributed by atoms with Crippen LogP contribution in [0.1, 0.15) is 0 Å². The summed E-state index contributed by atoms with van der Waals surface area (Å²) < 4.78 is 8.56. The number of hydrogen-bond acceptors (Lipinski definition) is 4. The van der Waals surface area contributed by atoms with Gasteiger partial charge in [0.1, 0.15) is 5.58 Å². The molecule has 3 aromatic heterocycles. The summed E-state index contributed by atoms with van der Waals surface area (Å²) in [4.78, 5) is 7.07. The maximum absolute atomic E-state index is 5.99. The van der Waals surface area contributed by atoms with Gasteiger partial charge in [0.25, 0.3) is 0 Å². The average molecular weight is 645 g/mol. The minimum atomic E-state index is 0.663. The Bertz CT molecular complexity index is 2820. The van der Waals surface area contributed by atoms with Gasteiger partial charge in [-0.25, -0.2) is 4.98 Å². The van der Waals surface area contributed by atoms with E-state index in [1.807, 2.05) is 35.7 Å². The highest BCUT2D eigenvalue weighted by molar-refractivity contribution is 7.26. The van der Waals surface area contributed by atoms with Crippen molar-refractivity contribution in [1.82, 2.24) is 4.98 Å². The molecular formula is C45H28N2OS. The molecule has 10 rings (SSSR count). The lowest BCUT2D eigenvalue weighted by Crippen LogP contribution is -2.10. The number of furan rings is 1. The van der Waals surface area contributed by atoms with Crippen LogP contribution in [-0.2, 0) is 0 Å². The normalized spacial score (nSPS) is 11.7. The van der Waals surface area contributed by atoms with Crippen LogP contribution in [0.5, 0.6) is 0 Å². The van der Waals surface area contributed by atoms with E-state index in [0.717, 1.165) is 44.5 Å². The molecule has 0 saturated carbocycles. The van der Waals surface area contributed by atoms with Gasteiger partial charge < -0.3 is 9.32 Å². The summed E-state index contributed by atoms with van der Waals surface area (Å²) in [6, 6.07) is 58.6. The molecule has 0 spiro atoms. The third-order valence-electron chi connectivity index (χ3n) is 9.54. The van der Waals surface area contributed by atoms with Crippen LogP contribution in [0.15, 0.2) is 174 Å².